The molecule has 2 rings (SSSR count). The standard InChI is InChI=1S/C17H26N2/c1-8-12-9-10-19-13(11-12)18-14(16(2,3)4)15(19)17(5,6)7/h9-11H,8H2,1-7H3. The topological polar surface area (TPSA) is 17.3 Å². The van der Waals surface area contributed by atoms with Crippen LogP contribution in [0.4, 0.5) is 0 Å². The Hall–Kier alpha value is -1.31. The molecule has 0 aliphatic carbocycles. The average Bonchev–Trinajstić information content (AvgIpc) is 2.66. The van der Waals surface area contributed by atoms with Gasteiger partial charge in [0.05, 0.1) is 11.4 Å². The van der Waals surface area contributed by atoms with Crippen LogP contribution in [0.3, 0.4) is 0 Å². The molecule has 0 saturated heterocycles. The molecule has 104 valence electrons. The van der Waals surface area contributed by atoms with Crippen molar-refractivity contribution < 1.29 is 0 Å². The Labute approximate surface area is 116 Å². The number of nitrogens with zero attached hydrogens (tertiary/aromatic N) is 2. The monoisotopic (exact) mass is 258 g/mol. The van der Waals surface area contributed by atoms with Gasteiger partial charge in [-0.25, -0.2) is 4.98 Å². The highest BCUT2D eigenvalue weighted by Gasteiger charge is 2.30. The minimum Gasteiger partial charge on any atom is -0.303 e. The molecule has 2 heteroatoms. The van der Waals surface area contributed by atoms with E-state index < -0.39 is 0 Å². The molecule has 0 fully saturated rings. The van der Waals surface area contributed by atoms with Gasteiger partial charge >= 0.3 is 0 Å². The second-order valence-electron chi connectivity index (χ2n) is 7.43. The van der Waals surface area contributed by atoms with E-state index in [9.17, 15) is 0 Å². The molecule has 2 heterocycles. The second-order valence-corrected chi connectivity index (χ2v) is 7.43. The van der Waals surface area contributed by atoms with Crippen LogP contribution in [0.25, 0.3) is 5.65 Å². The van der Waals surface area contributed by atoms with E-state index in [0.717, 1.165) is 12.1 Å². The van der Waals surface area contributed by atoms with Gasteiger partial charge in [0, 0.05) is 17.0 Å². The van der Waals surface area contributed by atoms with Crippen LogP contribution >= 0.6 is 0 Å². The molecule has 2 nitrogen and oxygen atoms in total. The molecule has 2 aromatic rings. The van der Waals surface area contributed by atoms with Gasteiger partial charge < -0.3 is 4.40 Å². The van der Waals surface area contributed by atoms with Gasteiger partial charge in [-0.15, -0.1) is 0 Å². The molecule has 0 N–H and O–H groups in total. The number of pyridine rings is 1. The van der Waals surface area contributed by atoms with Crippen molar-refractivity contribution in [1.29, 1.82) is 0 Å². The number of rotatable bonds is 1. The maximum Gasteiger partial charge on any atom is 0.137 e. The zero-order valence-corrected chi connectivity index (χ0v) is 13.3. The Balaban J connectivity index is 2.81. The van der Waals surface area contributed by atoms with Gasteiger partial charge in [0.15, 0.2) is 0 Å². The third kappa shape index (κ3) is 2.54. The molecule has 0 aliphatic heterocycles. The van der Waals surface area contributed by atoms with Crippen LogP contribution < -0.4 is 0 Å². The van der Waals surface area contributed by atoms with Crippen LogP contribution in [-0.2, 0) is 17.3 Å². The first-order valence-electron chi connectivity index (χ1n) is 7.16. The number of hydrogen-bond acceptors (Lipinski definition) is 1. The lowest BCUT2D eigenvalue weighted by molar-refractivity contribution is 0.506. The van der Waals surface area contributed by atoms with Gasteiger partial charge in [0.1, 0.15) is 5.65 Å². The summed E-state index contributed by atoms with van der Waals surface area (Å²) >= 11 is 0. The molecule has 0 aromatic carbocycles. The van der Waals surface area contributed by atoms with E-state index in [1.165, 1.54) is 17.0 Å². The first-order chi connectivity index (χ1) is 8.64. The van der Waals surface area contributed by atoms with Gasteiger partial charge in [-0.05, 0) is 24.1 Å². The minimum absolute atomic E-state index is 0.0704. The summed E-state index contributed by atoms with van der Waals surface area (Å²) in [5.41, 5.74) is 5.13. The van der Waals surface area contributed by atoms with E-state index >= 15 is 0 Å². The summed E-state index contributed by atoms with van der Waals surface area (Å²) in [6.07, 6.45) is 3.23. The summed E-state index contributed by atoms with van der Waals surface area (Å²) in [6.45, 7) is 15.7. The van der Waals surface area contributed by atoms with Crippen LogP contribution in [0.15, 0.2) is 18.3 Å². The van der Waals surface area contributed by atoms with Gasteiger partial charge in [0.25, 0.3) is 0 Å². The quantitative estimate of drug-likeness (QED) is 0.736. The van der Waals surface area contributed by atoms with Crippen LogP contribution in [0.2, 0.25) is 0 Å². The van der Waals surface area contributed by atoms with Crippen molar-refractivity contribution in [3.8, 4) is 0 Å². The highest BCUT2D eigenvalue weighted by molar-refractivity contribution is 5.49. The van der Waals surface area contributed by atoms with Crippen molar-refractivity contribution in [3.63, 3.8) is 0 Å². The van der Waals surface area contributed by atoms with Crippen molar-refractivity contribution in [2.45, 2.75) is 65.7 Å². The summed E-state index contributed by atoms with van der Waals surface area (Å²) < 4.78 is 2.26. The zero-order chi connectivity index (χ0) is 14.4. The molecule has 2 aromatic heterocycles. The Kier molecular flexibility index (Phi) is 3.24. The molecule has 0 amide bonds. The van der Waals surface area contributed by atoms with E-state index in [2.05, 4.69) is 71.2 Å². The molecule has 0 bridgehead atoms. The first-order valence-corrected chi connectivity index (χ1v) is 7.16. The highest BCUT2D eigenvalue weighted by Crippen LogP contribution is 2.34. The molecule has 0 saturated carbocycles. The minimum atomic E-state index is 0.0704. The van der Waals surface area contributed by atoms with E-state index in [-0.39, 0.29) is 10.8 Å². The normalized spacial score (nSPS) is 13.2. The van der Waals surface area contributed by atoms with Gasteiger partial charge in [0.2, 0.25) is 0 Å². The van der Waals surface area contributed by atoms with Crippen LogP contribution in [0.5, 0.6) is 0 Å². The van der Waals surface area contributed by atoms with Crippen molar-refractivity contribution >= 4 is 5.65 Å². The van der Waals surface area contributed by atoms with Gasteiger partial charge in [-0.2, -0.15) is 0 Å². The lowest BCUT2D eigenvalue weighted by atomic mass is 9.82. The summed E-state index contributed by atoms with van der Waals surface area (Å²) in [4.78, 5) is 4.92. The maximum atomic E-state index is 4.92. The first kappa shape index (κ1) is 14.1. The number of aromatic nitrogens is 2. The number of aryl methyl sites for hydroxylation is 1. The third-order valence-corrected chi connectivity index (χ3v) is 3.52. The molecule has 0 aliphatic rings. The largest absolute Gasteiger partial charge is 0.303 e. The highest BCUT2D eigenvalue weighted by atomic mass is 15.0. The lowest BCUT2D eigenvalue weighted by Crippen LogP contribution is -2.23. The summed E-state index contributed by atoms with van der Waals surface area (Å²) in [5, 5.41) is 0. The van der Waals surface area contributed by atoms with Crippen molar-refractivity contribution in [2.75, 3.05) is 0 Å². The SMILES string of the molecule is CCc1ccn2c(C(C)(C)C)c(C(C)(C)C)nc2c1. The summed E-state index contributed by atoms with van der Waals surface area (Å²) in [5.74, 6) is 0. The molecule has 0 spiro atoms. The number of fused-ring (bicyclic) bond motifs is 1. The fourth-order valence-electron chi connectivity index (χ4n) is 2.55. The molecule has 19 heavy (non-hydrogen) atoms. The Bertz CT molecular complexity index is 592. The zero-order valence-electron chi connectivity index (χ0n) is 13.3. The predicted molar refractivity (Wildman–Crippen MR) is 82.0 cm³/mol. The smallest absolute Gasteiger partial charge is 0.137 e. The third-order valence-electron chi connectivity index (χ3n) is 3.52. The molecular weight excluding hydrogens is 232 g/mol. The molecule has 0 radical (unpaired) electrons. The van der Waals surface area contributed by atoms with E-state index in [1.807, 2.05) is 0 Å². The summed E-state index contributed by atoms with van der Waals surface area (Å²) in [7, 11) is 0. The predicted octanol–water partition coefficient (Wildman–Crippen LogP) is 4.49. The van der Waals surface area contributed by atoms with Crippen molar-refractivity contribution in [1.82, 2.24) is 9.38 Å². The lowest BCUT2D eigenvalue weighted by Gasteiger charge is -2.25. The van der Waals surface area contributed by atoms with Gasteiger partial charge in [-0.1, -0.05) is 48.5 Å². The van der Waals surface area contributed by atoms with Gasteiger partial charge in [-0.3, -0.25) is 0 Å². The molecule has 0 unspecified atom stereocenters. The Morgan fingerprint density at radius 3 is 2.16 bits per heavy atom. The molecule has 0 atom stereocenters. The average molecular weight is 258 g/mol. The Morgan fingerprint density at radius 2 is 1.68 bits per heavy atom. The fraction of sp³-hybridized carbons (Fsp3) is 0.588. The van der Waals surface area contributed by atoms with Crippen molar-refractivity contribution in [2.24, 2.45) is 0 Å². The fourth-order valence-corrected chi connectivity index (χ4v) is 2.55. The van der Waals surface area contributed by atoms with E-state index in [0.29, 0.717) is 0 Å². The van der Waals surface area contributed by atoms with Crippen LogP contribution in [-0.4, -0.2) is 9.38 Å². The number of imidazole rings is 1. The van der Waals surface area contributed by atoms with E-state index in [4.69, 9.17) is 4.98 Å². The second kappa shape index (κ2) is 4.36. The molecular formula is C17H26N2. The summed E-state index contributed by atoms with van der Waals surface area (Å²) in [6, 6.07) is 4.42. The van der Waals surface area contributed by atoms with Crippen LogP contribution in [0.1, 0.15) is 65.4 Å². The van der Waals surface area contributed by atoms with Crippen LogP contribution in [0, 0.1) is 0 Å². The number of hydrogen-bond donors (Lipinski definition) is 0. The Morgan fingerprint density at radius 1 is 1.05 bits per heavy atom. The maximum absolute atomic E-state index is 4.92. The van der Waals surface area contributed by atoms with E-state index in [1.54, 1.807) is 0 Å². The van der Waals surface area contributed by atoms with Crippen molar-refractivity contribution in [3.05, 3.63) is 35.3 Å².